The van der Waals surface area contributed by atoms with Crippen molar-refractivity contribution in [3.63, 3.8) is 0 Å². The molecule has 0 saturated heterocycles. The molecule has 1 N–H and O–H groups in total. The number of aliphatic hydroxyl groups excluding tert-OH is 1. The second kappa shape index (κ2) is 9.80. The number of fused-ring (bicyclic) bond motifs is 1. The number of carbonyl (C=O) groups is 2. The highest BCUT2D eigenvalue weighted by molar-refractivity contribution is 7.10. The molecule has 2 aromatic carbocycles. The van der Waals surface area contributed by atoms with Crippen LogP contribution in [-0.4, -0.2) is 35.8 Å². The van der Waals surface area contributed by atoms with Gasteiger partial charge in [-0.15, -0.1) is 11.3 Å². The zero-order valence-electron chi connectivity index (χ0n) is 18.3. The zero-order chi connectivity index (χ0) is 24.4. The molecule has 4 rings (SSSR count). The number of ether oxygens (including phenoxy) is 2. The van der Waals surface area contributed by atoms with Crippen molar-refractivity contribution in [3.8, 4) is 11.1 Å². The van der Waals surface area contributed by atoms with Crippen LogP contribution in [0.3, 0.4) is 0 Å². The normalized spacial score (nSPS) is 10.9. The fourth-order valence-corrected chi connectivity index (χ4v) is 4.80. The number of methoxy groups -OCH3 is 2. The van der Waals surface area contributed by atoms with E-state index >= 15 is 0 Å². The van der Waals surface area contributed by atoms with Crippen LogP contribution >= 0.6 is 22.9 Å². The maximum Gasteiger partial charge on any atom is 0.355 e. The van der Waals surface area contributed by atoms with E-state index in [2.05, 4.69) is 0 Å². The Hall–Kier alpha value is -3.46. The third-order valence-electron chi connectivity index (χ3n) is 5.49. The minimum atomic E-state index is -0.699. The van der Waals surface area contributed by atoms with E-state index in [1.807, 2.05) is 0 Å². The second-order valence-electron chi connectivity index (χ2n) is 7.40. The van der Waals surface area contributed by atoms with E-state index in [4.69, 9.17) is 21.1 Å². The number of hydrogen-bond donors (Lipinski definition) is 1. The van der Waals surface area contributed by atoms with Crippen molar-refractivity contribution in [2.45, 2.75) is 13.2 Å². The molecule has 0 aliphatic rings. The van der Waals surface area contributed by atoms with Gasteiger partial charge in [-0.1, -0.05) is 23.7 Å². The third-order valence-corrected chi connectivity index (χ3v) is 6.63. The number of rotatable bonds is 6. The Kier molecular flexibility index (Phi) is 6.83. The Morgan fingerprint density at radius 3 is 2.35 bits per heavy atom. The largest absolute Gasteiger partial charge is 0.465 e. The summed E-state index contributed by atoms with van der Waals surface area (Å²) >= 11 is 7.60. The second-order valence-corrected chi connectivity index (χ2v) is 8.84. The van der Waals surface area contributed by atoms with Gasteiger partial charge in [-0.3, -0.25) is 9.36 Å². The maximum absolute atomic E-state index is 13.6. The first-order valence-corrected chi connectivity index (χ1v) is 11.4. The molecular weight excluding hydrogens is 478 g/mol. The Morgan fingerprint density at radius 2 is 1.71 bits per heavy atom. The number of nitrogens with zero attached hydrogens (tertiary/aromatic N) is 1. The molecule has 0 amide bonds. The van der Waals surface area contributed by atoms with Gasteiger partial charge in [0.2, 0.25) is 0 Å². The van der Waals surface area contributed by atoms with E-state index in [0.29, 0.717) is 42.9 Å². The number of hydrogen-bond acceptors (Lipinski definition) is 7. The van der Waals surface area contributed by atoms with E-state index in [1.165, 1.54) is 30.1 Å². The molecule has 0 fully saturated rings. The molecule has 4 aromatic rings. The number of pyridine rings is 1. The quantitative estimate of drug-likeness (QED) is 0.394. The van der Waals surface area contributed by atoms with Crippen molar-refractivity contribution in [1.82, 2.24) is 4.57 Å². The molecule has 2 heterocycles. The highest BCUT2D eigenvalue weighted by atomic mass is 35.5. The zero-order valence-corrected chi connectivity index (χ0v) is 19.9. The Labute approximate surface area is 203 Å². The Bertz CT molecular complexity index is 1460. The molecule has 2 aromatic heterocycles. The fraction of sp³-hybridized carbons (Fsp3) is 0.160. The van der Waals surface area contributed by atoms with Crippen LogP contribution < -0.4 is 5.56 Å². The summed E-state index contributed by atoms with van der Waals surface area (Å²) in [5.41, 5.74) is 1.79. The molecule has 0 bridgehead atoms. The van der Waals surface area contributed by atoms with Crippen LogP contribution in [0, 0.1) is 0 Å². The van der Waals surface area contributed by atoms with E-state index < -0.39 is 17.5 Å². The molecule has 0 radical (unpaired) electrons. The van der Waals surface area contributed by atoms with E-state index in [9.17, 15) is 19.5 Å². The van der Waals surface area contributed by atoms with Crippen LogP contribution in [-0.2, 0) is 22.6 Å². The van der Waals surface area contributed by atoms with Crippen LogP contribution in [0.15, 0.2) is 58.7 Å². The van der Waals surface area contributed by atoms with Gasteiger partial charge in [0.05, 0.1) is 32.9 Å². The lowest BCUT2D eigenvalue weighted by atomic mass is 9.96. The molecule has 0 atom stereocenters. The lowest BCUT2D eigenvalue weighted by Gasteiger charge is -2.19. The van der Waals surface area contributed by atoms with Crippen molar-refractivity contribution in [3.05, 3.63) is 91.0 Å². The van der Waals surface area contributed by atoms with Gasteiger partial charge in [-0.05, 0) is 52.7 Å². The van der Waals surface area contributed by atoms with Gasteiger partial charge in [0, 0.05) is 26.4 Å². The number of aromatic nitrogens is 1. The highest BCUT2D eigenvalue weighted by Gasteiger charge is 2.26. The van der Waals surface area contributed by atoms with Crippen LogP contribution in [0.25, 0.3) is 21.9 Å². The smallest absolute Gasteiger partial charge is 0.355 e. The fourth-order valence-electron chi connectivity index (χ4n) is 3.88. The van der Waals surface area contributed by atoms with Crippen molar-refractivity contribution in [1.29, 1.82) is 0 Å². The van der Waals surface area contributed by atoms with Crippen molar-refractivity contribution in [2.75, 3.05) is 14.2 Å². The molecule has 7 nitrogen and oxygen atoms in total. The average Bonchev–Trinajstić information content (AvgIpc) is 3.33. The maximum atomic E-state index is 13.6. The summed E-state index contributed by atoms with van der Waals surface area (Å²) in [4.78, 5) is 39.0. The van der Waals surface area contributed by atoms with Crippen molar-refractivity contribution < 1.29 is 24.2 Å². The van der Waals surface area contributed by atoms with E-state index in [1.54, 1.807) is 53.9 Å². The first-order chi connectivity index (χ1) is 16.4. The minimum absolute atomic E-state index is 0.0485. The summed E-state index contributed by atoms with van der Waals surface area (Å²) in [5.74, 6) is -1.17. The van der Waals surface area contributed by atoms with Gasteiger partial charge in [-0.2, -0.15) is 0 Å². The first-order valence-electron chi connectivity index (χ1n) is 10.2. The highest BCUT2D eigenvalue weighted by Crippen LogP contribution is 2.37. The first kappa shape index (κ1) is 23.7. The Balaban J connectivity index is 2.02. The topological polar surface area (TPSA) is 94.8 Å². The number of halogens is 1. The van der Waals surface area contributed by atoms with Gasteiger partial charge in [0.15, 0.2) is 0 Å². The monoisotopic (exact) mass is 497 g/mol. The molecule has 0 aliphatic carbocycles. The number of thiophene rings is 1. The van der Waals surface area contributed by atoms with Gasteiger partial charge >= 0.3 is 11.9 Å². The van der Waals surface area contributed by atoms with Crippen LogP contribution in [0.1, 0.15) is 31.3 Å². The van der Waals surface area contributed by atoms with Gasteiger partial charge in [0.25, 0.3) is 5.56 Å². The van der Waals surface area contributed by atoms with Crippen molar-refractivity contribution in [2.24, 2.45) is 0 Å². The minimum Gasteiger partial charge on any atom is -0.465 e. The Morgan fingerprint density at radius 1 is 1.00 bits per heavy atom. The molecule has 0 saturated carbocycles. The third kappa shape index (κ3) is 4.23. The van der Waals surface area contributed by atoms with Crippen LogP contribution in [0.2, 0.25) is 5.02 Å². The summed E-state index contributed by atoms with van der Waals surface area (Å²) < 4.78 is 11.2. The average molecular weight is 498 g/mol. The molecule has 9 heteroatoms. The number of aliphatic hydroxyl groups is 1. The van der Waals surface area contributed by atoms with Crippen LogP contribution in [0.5, 0.6) is 0 Å². The molecule has 0 unspecified atom stereocenters. The summed E-state index contributed by atoms with van der Waals surface area (Å²) in [7, 11) is 2.54. The summed E-state index contributed by atoms with van der Waals surface area (Å²) in [6.45, 7) is -0.182. The SMILES string of the molecule is COC(=O)c1ccc(Cn2c(C(=O)OC)c(-c3ccsc3CO)c3cc(Cl)ccc3c2=O)cc1. The molecule has 0 aliphatic heterocycles. The summed E-state index contributed by atoms with van der Waals surface area (Å²) in [6, 6.07) is 13.2. The van der Waals surface area contributed by atoms with Gasteiger partial charge in [-0.25, -0.2) is 9.59 Å². The summed E-state index contributed by atoms with van der Waals surface area (Å²) in [5, 5.41) is 13.0. The van der Waals surface area contributed by atoms with Crippen LogP contribution in [0.4, 0.5) is 0 Å². The number of esters is 2. The molecule has 0 spiro atoms. The lowest BCUT2D eigenvalue weighted by Crippen LogP contribution is -2.28. The molecule has 34 heavy (non-hydrogen) atoms. The lowest BCUT2D eigenvalue weighted by molar-refractivity contribution is 0.0584. The van der Waals surface area contributed by atoms with Gasteiger partial charge in [0.1, 0.15) is 5.69 Å². The molecule has 174 valence electrons. The molecular formula is C25H20ClNO6S. The van der Waals surface area contributed by atoms with Crippen molar-refractivity contribution >= 4 is 45.6 Å². The van der Waals surface area contributed by atoms with E-state index in [-0.39, 0.29) is 18.8 Å². The van der Waals surface area contributed by atoms with Gasteiger partial charge < -0.3 is 14.6 Å². The summed E-state index contributed by atoms with van der Waals surface area (Å²) in [6.07, 6.45) is 0. The predicted molar refractivity (Wildman–Crippen MR) is 131 cm³/mol. The number of benzene rings is 2. The predicted octanol–water partition coefficient (Wildman–Crippen LogP) is 4.50. The van der Waals surface area contributed by atoms with E-state index in [0.717, 1.165) is 0 Å². The standard InChI is InChI=1S/C25H20ClNO6S/c1-32-24(30)15-5-3-14(4-6-15)12-27-22(25(31)33-2)21(18-9-10-34-20(18)13-28)19-11-16(26)7-8-17(19)23(27)29/h3-11,28H,12-13H2,1-2H3. The number of carbonyl (C=O) groups excluding carboxylic acids is 2.